The molecule has 2 heterocycles. The number of ether oxygens (including phenoxy) is 1. The smallest absolute Gasteiger partial charge is 0.338 e. The number of anilines is 1. The van der Waals surface area contributed by atoms with Crippen LogP contribution in [0.5, 0.6) is 0 Å². The van der Waals surface area contributed by atoms with Crippen molar-refractivity contribution in [2.75, 3.05) is 17.7 Å². The van der Waals surface area contributed by atoms with Gasteiger partial charge in [-0.2, -0.15) is 0 Å². The largest absolute Gasteiger partial charge is 0.462 e. The monoisotopic (exact) mass is 493 g/mol. The van der Waals surface area contributed by atoms with Gasteiger partial charge in [0.05, 0.1) is 40.3 Å². The first-order valence-corrected chi connectivity index (χ1v) is 12.3. The summed E-state index contributed by atoms with van der Waals surface area (Å²) in [5.41, 5.74) is 3.30. The Morgan fingerprint density at radius 1 is 1.11 bits per heavy atom. The van der Waals surface area contributed by atoms with Crippen molar-refractivity contribution in [2.45, 2.75) is 32.5 Å². The molecule has 10 heteroatoms. The minimum atomic E-state index is -0.395. The Bertz CT molecular complexity index is 1450. The second-order valence-corrected chi connectivity index (χ2v) is 8.78. The Balaban J connectivity index is 1.53. The molecule has 0 unspecified atom stereocenters. The SMILES string of the molecule is CCOC(=O)c1ccc2c(c1)nc(SCC(=O)Nc1c(C)n(C)n(-c3ccccc3)c1=O)n2CC. The second kappa shape index (κ2) is 10.2. The maximum atomic E-state index is 13.0. The Morgan fingerprint density at radius 2 is 1.86 bits per heavy atom. The van der Waals surface area contributed by atoms with Gasteiger partial charge in [0.15, 0.2) is 5.16 Å². The summed E-state index contributed by atoms with van der Waals surface area (Å²) in [6.07, 6.45) is 0. The van der Waals surface area contributed by atoms with Crippen LogP contribution < -0.4 is 10.9 Å². The van der Waals surface area contributed by atoms with Crippen LogP contribution in [0.1, 0.15) is 29.9 Å². The number of fused-ring (bicyclic) bond motifs is 1. The molecule has 0 aliphatic heterocycles. The van der Waals surface area contributed by atoms with E-state index in [1.54, 1.807) is 37.7 Å². The predicted octanol–water partition coefficient (Wildman–Crippen LogP) is 3.76. The third kappa shape index (κ3) is 4.74. The zero-order valence-electron chi connectivity index (χ0n) is 20.1. The van der Waals surface area contributed by atoms with E-state index in [0.29, 0.717) is 35.1 Å². The summed E-state index contributed by atoms with van der Waals surface area (Å²) in [5, 5.41) is 3.43. The molecule has 4 aromatic rings. The number of imidazole rings is 1. The summed E-state index contributed by atoms with van der Waals surface area (Å²) < 4.78 is 10.3. The fourth-order valence-electron chi connectivity index (χ4n) is 3.88. The number of carbonyl (C=O) groups excluding carboxylic acids is 2. The van der Waals surface area contributed by atoms with Crippen LogP contribution in [0.25, 0.3) is 16.7 Å². The topological polar surface area (TPSA) is 100 Å². The third-order valence-corrected chi connectivity index (χ3v) is 6.67. The minimum absolute atomic E-state index is 0.0766. The van der Waals surface area contributed by atoms with Gasteiger partial charge in [0.1, 0.15) is 5.69 Å². The molecule has 4 rings (SSSR count). The predicted molar refractivity (Wildman–Crippen MR) is 136 cm³/mol. The van der Waals surface area contributed by atoms with Crippen LogP contribution in [0.3, 0.4) is 0 Å². The molecule has 0 aliphatic rings. The van der Waals surface area contributed by atoms with E-state index in [0.717, 1.165) is 11.2 Å². The van der Waals surface area contributed by atoms with Crippen LogP contribution in [0, 0.1) is 6.92 Å². The fourth-order valence-corrected chi connectivity index (χ4v) is 4.76. The van der Waals surface area contributed by atoms with E-state index >= 15 is 0 Å². The number of esters is 1. The highest BCUT2D eigenvalue weighted by atomic mass is 32.2. The quantitative estimate of drug-likeness (QED) is 0.296. The van der Waals surface area contributed by atoms with Gasteiger partial charge in [0.25, 0.3) is 5.56 Å². The molecule has 0 saturated carbocycles. The van der Waals surface area contributed by atoms with Crippen molar-refractivity contribution in [3.63, 3.8) is 0 Å². The Kier molecular flexibility index (Phi) is 7.11. The summed E-state index contributed by atoms with van der Waals surface area (Å²) in [4.78, 5) is 42.5. The first-order chi connectivity index (χ1) is 16.8. The van der Waals surface area contributed by atoms with Gasteiger partial charge < -0.3 is 14.6 Å². The van der Waals surface area contributed by atoms with Crippen molar-refractivity contribution >= 4 is 40.4 Å². The van der Waals surface area contributed by atoms with E-state index < -0.39 is 5.97 Å². The molecule has 182 valence electrons. The molecule has 0 saturated heterocycles. The van der Waals surface area contributed by atoms with E-state index in [9.17, 15) is 14.4 Å². The summed E-state index contributed by atoms with van der Waals surface area (Å²) in [5.74, 6) is -0.621. The number of hydrogen-bond donors (Lipinski definition) is 1. The number of hydrogen-bond acceptors (Lipinski definition) is 6. The number of rotatable bonds is 8. The average molecular weight is 494 g/mol. The standard InChI is InChI=1S/C25H27N5O4S/c1-5-29-20-13-12-17(24(33)34-6-2)14-19(20)26-25(29)35-15-21(31)27-22-16(3)28(4)30(23(22)32)18-10-8-7-9-11-18/h7-14H,5-6,15H2,1-4H3,(H,27,31). The lowest BCUT2D eigenvalue weighted by Gasteiger charge is -2.07. The molecule has 0 fully saturated rings. The fraction of sp³-hybridized carbons (Fsp3) is 0.280. The van der Waals surface area contributed by atoms with E-state index in [1.165, 1.54) is 16.4 Å². The lowest BCUT2D eigenvalue weighted by atomic mass is 10.2. The van der Waals surface area contributed by atoms with E-state index in [2.05, 4.69) is 10.3 Å². The third-order valence-electron chi connectivity index (χ3n) is 5.69. The molecule has 0 bridgehead atoms. The van der Waals surface area contributed by atoms with E-state index in [1.807, 2.05) is 47.9 Å². The van der Waals surface area contributed by atoms with Gasteiger partial charge in [0.2, 0.25) is 5.91 Å². The van der Waals surface area contributed by atoms with Crippen molar-refractivity contribution in [1.29, 1.82) is 0 Å². The highest BCUT2D eigenvalue weighted by Crippen LogP contribution is 2.25. The van der Waals surface area contributed by atoms with Crippen LogP contribution in [-0.2, 0) is 23.1 Å². The lowest BCUT2D eigenvalue weighted by molar-refractivity contribution is -0.113. The number of nitrogens with zero attached hydrogens (tertiary/aromatic N) is 4. The van der Waals surface area contributed by atoms with Crippen molar-refractivity contribution in [3.8, 4) is 5.69 Å². The van der Waals surface area contributed by atoms with Crippen molar-refractivity contribution < 1.29 is 14.3 Å². The van der Waals surface area contributed by atoms with Crippen LogP contribution in [0.15, 0.2) is 58.5 Å². The van der Waals surface area contributed by atoms with Gasteiger partial charge in [-0.15, -0.1) is 0 Å². The maximum absolute atomic E-state index is 13.0. The lowest BCUT2D eigenvalue weighted by Crippen LogP contribution is -2.23. The van der Waals surface area contributed by atoms with Crippen LogP contribution in [-0.4, -0.2) is 43.2 Å². The first-order valence-electron chi connectivity index (χ1n) is 11.3. The summed E-state index contributed by atoms with van der Waals surface area (Å²) >= 11 is 1.28. The van der Waals surface area contributed by atoms with E-state index in [-0.39, 0.29) is 22.9 Å². The highest BCUT2D eigenvalue weighted by Gasteiger charge is 2.19. The number of aromatic nitrogens is 4. The maximum Gasteiger partial charge on any atom is 0.338 e. The van der Waals surface area contributed by atoms with Crippen molar-refractivity contribution in [1.82, 2.24) is 18.9 Å². The number of amides is 1. The van der Waals surface area contributed by atoms with Gasteiger partial charge in [-0.05, 0) is 51.1 Å². The Labute approximate surface area is 206 Å². The van der Waals surface area contributed by atoms with Crippen LogP contribution in [0.2, 0.25) is 0 Å². The molecular weight excluding hydrogens is 466 g/mol. The zero-order valence-corrected chi connectivity index (χ0v) is 20.9. The molecule has 0 radical (unpaired) electrons. The Hall–Kier alpha value is -3.79. The minimum Gasteiger partial charge on any atom is -0.462 e. The van der Waals surface area contributed by atoms with Gasteiger partial charge in [-0.3, -0.25) is 14.3 Å². The van der Waals surface area contributed by atoms with Crippen molar-refractivity contribution in [2.24, 2.45) is 7.05 Å². The zero-order chi connectivity index (χ0) is 25.1. The highest BCUT2D eigenvalue weighted by molar-refractivity contribution is 7.99. The molecule has 9 nitrogen and oxygen atoms in total. The van der Waals surface area contributed by atoms with Crippen LogP contribution >= 0.6 is 11.8 Å². The number of aryl methyl sites for hydroxylation is 1. The van der Waals surface area contributed by atoms with Gasteiger partial charge in [-0.25, -0.2) is 14.5 Å². The number of para-hydroxylation sites is 1. The van der Waals surface area contributed by atoms with Crippen LogP contribution in [0.4, 0.5) is 5.69 Å². The molecular formula is C25H27N5O4S. The number of nitrogens with one attached hydrogen (secondary N) is 1. The summed E-state index contributed by atoms with van der Waals surface area (Å²) in [6, 6.07) is 14.5. The summed E-state index contributed by atoms with van der Waals surface area (Å²) in [6.45, 7) is 6.49. The van der Waals surface area contributed by atoms with Gasteiger partial charge >= 0.3 is 5.97 Å². The Morgan fingerprint density at radius 3 is 2.54 bits per heavy atom. The first kappa shape index (κ1) is 24.3. The molecule has 2 aromatic heterocycles. The average Bonchev–Trinajstić information content (AvgIpc) is 3.32. The number of carbonyl (C=O) groups is 2. The molecule has 0 atom stereocenters. The molecule has 35 heavy (non-hydrogen) atoms. The van der Waals surface area contributed by atoms with E-state index in [4.69, 9.17) is 4.74 Å². The molecule has 1 N–H and O–H groups in total. The van der Waals surface area contributed by atoms with Gasteiger partial charge in [-0.1, -0.05) is 30.0 Å². The molecule has 0 aliphatic carbocycles. The van der Waals surface area contributed by atoms with Gasteiger partial charge in [0, 0.05) is 13.6 Å². The number of thioether (sulfide) groups is 1. The summed E-state index contributed by atoms with van der Waals surface area (Å²) in [7, 11) is 1.78. The van der Waals surface area contributed by atoms with Crippen molar-refractivity contribution in [3.05, 3.63) is 70.1 Å². The second-order valence-electron chi connectivity index (χ2n) is 7.84. The molecule has 0 spiro atoms. The molecule has 1 amide bonds. The number of benzene rings is 2. The normalized spacial score (nSPS) is 11.1. The molecule has 2 aromatic carbocycles.